The normalized spacial score (nSPS) is 23.0. The van der Waals surface area contributed by atoms with Gasteiger partial charge in [0.1, 0.15) is 5.82 Å². The van der Waals surface area contributed by atoms with Crippen LogP contribution in [0.3, 0.4) is 0 Å². The Morgan fingerprint density at radius 3 is 2.88 bits per heavy atom. The minimum Gasteiger partial charge on any atom is -0.393 e. The van der Waals surface area contributed by atoms with E-state index in [-0.39, 0.29) is 12.0 Å². The van der Waals surface area contributed by atoms with Gasteiger partial charge in [-0.15, -0.1) is 0 Å². The smallest absolute Gasteiger partial charge is 0.252 e. The van der Waals surface area contributed by atoms with Gasteiger partial charge in [-0.3, -0.25) is 4.79 Å². The second-order valence-electron chi connectivity index (χ2n) is 4.33. The lowest BCUT2D eigenvalue weighted by atomic mass is 9.82. The number of aliphatic hydroxyl groups is 1. The van der Waals surface area contributed by atoms with Gasteiger partial charge in [-0.1, -0.05) is 0 Å². The summed E-state index contributed by atoms with van der Waals surface area (Å²) in [5.41, 5.74) is 0.296. The summed E-state index contributed by atoms with van der Waals surface area (Å²) in [6, 6.07) is 4.01. The van der Waals surface area contributed by atoms with Gasteiger partial charge in [-0.25, -0.2) is 4.39 Å². The molecule has 0 bridgehead atoms. The molecule has 5 heteroatoms. The van der Waals surface area contributed by atoms with Gasteiger partial charge in [0.05, 0.1) is 11.7 Å². The van der Waals surface area contributed by atoms with Crippen molar-refractivity contribution in [1.29, 1.82) is 0 Å². The Bertz CT molecular complexity index is 433. The van der Waals surface area contributed by atoms with Gasteiger partial charge >= 0.3 is 0 Å². The Kier molecular flexibility index (Phi) is 3.79. The highest BCUT2D eigenvalue weighted by Crippen LogP contribution is 2.26. The number of halogens is 2. The zero-order valence-electron chi connectivity index (χ0n) is 9.12. The van der Waals surface area contributed by atoms with Gasteiger partial charge in [0.2, 0.25) is 0 Å². The van der Waals surface area contributed by atoms with E-state index in [9.17, 15) is 9.18 Å². The number of hydrogen-bond donors (Lipinski definition) is 2. The van der Waals surface area contributed by atoms with E-state index in [0.717, 1.165) is 12.8 Å². The number of benzene rings is 1. The molecular formula is C12H13BrFNO2. The highest BCUT2D eigenvalue weighted by atomic mass is 79.9. The van der Waals surface area contributed by atoms with E-state index in [0.29, 0.717) is 22.5 Å². The molecule has 1 aromatic rings. The molecule has 0 atom stereocenters. The third-order valence-electron chi connectivity index (χ3n) is 2.94. The molecule has 1 aliphatic carbocycles. The number of amides is 1. The average molecular weight is 302 g/mol. The second kappa shape index (κ2) is 5.14. The minimum absolute atomic E-state index is 0.224. The Hall–Kier alpha value is -0.940. The maximum absolute atomic E-state index is 13.0. The van der Waals surface area contributed by atoms with Crippen molar-refractivity contribution in [3.05, 3.63) is 34.1 Å². The molecule has 1 amide bonds. The summed E-state index contributed by atoms with van der Waals surface area (Å²) in [5.74, 6) is -0.392. The molecular weight excluding hydrogens is 289 g/mol. The molecule has 1 aliphatic rings. The van der Waals surface area contributed by atoms with Crippen LogP contribution in [-0.2, 0) is 0 Å². The van der Waals surface area contributed by atoms with Crippen LogP contribution in [0.4, 0.5) is 4.39 Å². The maximum Gasteiger partial charge on any atom is 0.252 e. The maximum atomic E-state index is 13.0. The third-order valence-corrected chi connectivity index (χ3v) is 3.63. The van der Waals surface area contributed by atoms with Crippen molar-refractivity contribution in [3.8, 4) is 0 Å². The van der Waals surface area contributed by atoms with Crippen LogP contribution >= 0.6 is 15.9 Å². The monoisotopic (exact) mass is 301 g/mol. The van der Waals surface area contributed by atoms with Gasteiger partial charge in [-0.2, -0.15) is 0 Å². The Balaban J connectivity index is 1.92. The van der Waals surface area contributed by atoms with Crippen LogP contribution in [0.1, 0.15) is 23.2 Å². The summed E-state index contributed by atoms with van der Waals surface area (Å²) >= 11 is 3.21. The van der Waals surface area contributed by atoms with Gasteiger partial charge in [0.15, 0.2) is 0 Å². The van der Waals surface area contributed by atoms with E-state index >= 15 is 0 Å². The molecule has 17 heavy (non-hydrogen) atoms. The van der Waals surface area contributed by atoms with Gasteiger partial charge in [-0.05, 0) is 52.9 Å². The molecule has 0 aromatic heterocycles. The third kappa shape index (κ3) is 3.04. The second-order valence-corrected chi connectivity index (χ2v) is 5.18. The lowest BCUT2D eigenvalue weighted by Gasteiger charge is -2.31. The van der Waals surface area contributed by atoms with E-state index in [2.05, 4.69) is 21.2 Å². The van der Waals surface area contributed by atoms with Crippen molar-refractivity contribution in [2.75, 3.05) is 6.54 Å². The lowest BCUT2D eigenvalue weighted by molar-refractivity contribution is 0.0420. The molecule has 0 heterocycles. The number of carbonyl (C=O) groups is 1. The lowest BCUT2D eigenvalue weighted by Crippen LogP contribution is -2.38. The fourth-order valence-corrected chi connectivity index (χ4v) is 2.30. The first-order chi connectivity index (χ1) is 8.06. The first-order valence-corrected chi connectivity index (χ1v) is 6.27. The molecule has 0 unspecified atom stereocenters. The molecule has 92 valence electrons. The highest BCUT2D eigenvalue weighted by molar-refractivity contribution is 9.10. The van der Waals surface area contributed by atoms with Crippen molar-refractivity contribution in [2.45, 2.75) is 18.9 Å². The van der Waals surface area contributed by atoms with Crippen molar-refractivity contribution in [2.24, 2.45) is 5.92 Å². The van der Waals surface area contributed by atoms with Crippen LogP contribution in [0.2, 0.25) is 0 Å². The average Bonchev–Trinajstić information content (AvgIpc) is 2.26. The molecule has 1 saturated carbocycles. The first-order valence-electron chi connectivity index (χ1n) is 5.47. The zero-order chi connectivity index (χ0) is 12.4. The molecule has 0 aliphatic heterocycles. The molecule has 1 aromatic carbocycles. The van der Waals surface area contributed by atoms with Crippen molar-refractivity contribution in [1.82, 2.24) is 5.32 Å². The topological polar surface area (TPSA) is 49.3 Å². The van der Waals surface area contributed by atoms with Crippen LogP contribution in [0, 0.1) is 11.7 Å². The SMILES string of the molecule is O=C(NCC1CC(O)C1)c1cc(F)ccc1Br. The van der Waals surface area contributed by atoms with Gasteiger partial charge < -0.3 is 10.4 Å². The Labute approximate surface area is 107 Å². The van der Waals surface area contributed by atoms with Crippen LogP contribution in [0.5, 0.6) is 0 Å². The van der Waals surface area contributed by atoms with E-state index in [1.54, 1.807) is 0 Å². The molecule has 0 spiro atoms. The van der Waals surface area contributed by atoms with E-state index in [1.165, 1.54) is 18.2 Å². The summed E-state index contributed by atoms with van der Waals surface area (Å²) in [6.45, 7) is 0.527. The first kappa shape index (κ1) is 12.5. The summed E-state index contributed by atoms with van der Waals surface area (Å²) in [6.07, 6.45) is 1.23. The number of nitrogens with one attached hydrogen (secondary N) is 1. The van der Waals surface area contributed by atoms with Gasteiger partial charge in [0.25, 0.3) is 5.91 Å². The summed E-state index contributed by atoms with van der Waals surface area (Å²) in [5, 5.41) is 11.9. The number of aliphatic hydroxyl groups excluding tert-OH is 1. The van der Waals surface area contributed by atoms with E-state index < -0.39 is 5.82 Å². The quantitative estimate of drug-likeness (QED) is 0.898. The zero-order valence-corrected chi connectivity index (χ0v) is 10.7. The Morgan fingerprint density at radius 2 is 2.24 bits per heavy atom. The van der Waals surface area contributed by atoms with E-state index in [1.807, 2.05) is 0 Å². The molecule has 0 saturated heterocycles. The van der Waals surface area contributed by atoms with Crippen LogP contribution in [0.25, 0.3) is 0 Å². The minimum atomic E-state index is -0.433. The fourth-order valence-electron chi connectivity index (χ4n) is 1.87. The van der Waals surface area contributed by atoms with E-state index in [4.69, 9.17) is 5.11 Å². The Morgan fingerprint density at radius 1 is 1.53 bits per heavy atom. The standard InChI is InChI=1S/C12H13BrFNO2/c13-11-2-1-8(14)5-10(11)12(17)15-6-7-3-9(16)4-7/h1-2,5,7,9,16H,3-4,6H2,(H,15,17). The molecule has 3 nitrogen and oxygen atoms in total. The molecule has 2 rings (SSSR count). The molecule has 0 radical (unpaired) electrons. The fraction of sp³-hybridized carbons (Fsp3) is 0.417. The summed E-state index contributed by atoms with van der Waals surface area (Å²) in [4.78, 5) is 11.8. The number of rotatable bonds is 3. The summed E-state index contributed by atoms with van der Waals surface area (Å²) < 4.78 is 13.6. The van der Waals surface area contributed by atoms with Crippen LogP contribution < -0.4 is 5.32 Å². The van der Waals surface area contributed by atoms with Crippen molar-refractivity contribution >= 4 is 21.8 Å². The van der Waals surface area contributed by atoms with Crippen molar-refractivity contribution < 1.29 is 14.3 Å². The highest BCUT2D eigenvalue weighted by Gasteiger charge is 2.27. The molecule has 1 fully saturated rings. The number of carbonyl (C=O) groups excluding carboxylic acids is 1. The largest absolute Gasteiger partial charge is 0.393 e. The van der Waals surface area contributed by atoms with Crippen LogP contribution in [0.15, 0.2) is 22.7 Å². The number of hydrogen-bond acceptors (Lipinski definition) is 2. The van der Waals surface area contributed by atoms with Crippen LogP contribution in [-0.4, -0.2) is 23.7 Å². The predicted octanol–water partition coefficient (Wildman–Crippen LogP) is 2.09. The van der Waals surface area contributed by atoms with Crippen molar-refractivity contribution in [3.63, 3.8) is 0 Å². The summed E-state index contributed by atoms with van der Waals surface area (Å²) in [7, 11) is 0. The molecule has 2 N–H and O–H groups in total. The van der Waals surface area contributed by atoms with Gasteiger partial charge in [0, 0.05) is 11.0 Å². The predicted molar refractivity (Wildman–Crippen MR) is 65.2 cm³/mol.